The van der Waals surface area contributed by atoms with Gasteiger partial charge < -0.3 is 4.90 Å². The molecule has 1 aromatic rings. The van der Waals surface area contributed by atoms with Crippen molar-refractivity contribution >= 4 is 22.9 Å². The van der Waals surface area contributed by atoms with E-state index in [1.54, 1.807) is 0 Å². The third-order valence-electron chi connectivity index (χ3n) is 3.02. The number of nitrogens with one attached hydrogen (secondary N) is 2. The van der Waals surface area contributed by atoms with Crippen molar-refractivity contribution in [2.24, 2.45) is 0 Å². The van der Waals surface area contributed by atoms with Crippen LogP contribution in [0.5, 0.6) is 0 Å². The largest absolute Gasteiger partial charge is 0.334 e. The van der Waals surface area contributed by atoms with Crippen LogP contribution in [-0.2, 0) is 6.54 Å². The molecule has 0 heterocycles. The van der Waals surface area contributed by atoms with E-state index in [1.807, 2.05) is 63.9 Å². The zero-order valence-corrected chi connectivity index (χ0v) is 14.6. The lowest BCUT2D eigenvalue weighted by atomic mass is 10.1. The second-order valence-electron chi connectivity index (χ2n) is 5.20. The van der Waals surface area contributed by atoms with E-state index in [0.717, 1.165) is 17.7 Å². The highest BCUT2D eigenvalue weighted by Crippen LogP contribution is 2.13. The van der Waals surface area contributed by atoms with Gasteiger partial charge in [-0.1, -0.05) is 12.1 Å². The van der Waals surface area contributed by atoms with Gasteiger partial charge in [-0.3, -0.25) is 15.6 Å². The summed E-state index contributed by atoms with van der Waals surface area (Å²) in [6.07, 6.45) is 0. The predicted octanol–water partition coefficient (Wildman–Crippen LogP) is 2.75. The summed E-state index contributed by atoms with van der Waals surface area (Å²) in [5, 5.41) is 0. The van der Waals surface area contributed by atoms with Crippen LogP contribution in [0, 0.1) is 0 Å². The number of hydrazine groups is 1. The van der Waals surface area contributed by atoms with Gasteiger partial charge >= 0.3 is 0 Å². The average Bonchev–Trinajstić information content (AvgIpc) is 2.36. The first-order valence-electron chi connectivity index (χ1n) is 6.78. The Morgan fingerprint density at radius 1 is 1.10 bits per heavy atom. The summed E-state index contributed by atoms with van der Waals surface area (Å²) in [7, 11) is 1.83. The molecule has 0 radical (unpaired) electrons. The van der Waals surface area contributed by atoms with Gasteiger partial charge in [0.25, 0.3) is 5.91 Å². The maximum atomic E-state index is 12.5. The van der Waals surface area contributed by atoms with Gasteiger partial charge in [0.2, 0.25) is 0 Å². The molecular formula is C15H26BrN3O. The monoisotopic (exact) mass is 343 g/mol. The Morgan fingerprint density at radius 2 is 1.60 bits per heavy atom. The van der Waals surface area contributed by atoms with E-state index in [4.69, 9.17) is 0 Å². The number of carbonyl (C=O) groups excluding carboxylic acids is 1. The lowest BCUT2D eigenvalue weighted by Crippen LogP contribution is -2.42. The van der Waals surface area contributed by atoms with Crippen LogP contribution < -0.4 is 10.9 Å². The number of hydrogen-bond acceptors (Lipinski definition) is 3. The third-order valence-corrected chi connectivity index (χ3v) is 3.02. The highest BCUT2D eigenvalue weighted by Gasteiger charge is 2.21. The minimum Gasteiger partial charge on any atom is -0.334 e. The van der Waals surface area contributed by atoms with Crippen molar-refractivity contribution in [2.45, 2.75) is 46.3 Å². The Hall–Kier alpha value is -0.910. The first kappa shape index (κ1) is 19.1. The van der Waals surface area contributed by atoms with Crippen LogP contribution in [-0.4, -0.2) is 29.9 Å². The number of halogens is 1. The molecule has 0 saturated carbocycles. The summed E-state index contributed by atoms with van der Waals surface area (Å²) in [6.45, 7) is 8.92. The highest BCUT2D eigenvalue weighted by molar-refractivity contribution is 8.93. The van der Waals surface area contributed by atoms with E-state index in [2.05, 4.69) is 10.9 Å². The number of amides is 1. The summed E-state index contributed by atoms with van der Waals surface area (Å²) in [6, 6.07) is 8.17. The van der Waals surface area contributed by atoms with Gasteiger partial charge in [0.1, 0.15) is 0 Å². The van der Waals surface area contributed by atoms with Gasteiger partial charge in [0, 0.05) is 24.2 Å². The molecule has 0 aliphatic rings. The van der Waals surface area contributed by atoms with Crippen molar-refractivity contribution in [2.75, 3.05) is 7.05 Å². The van der Waals surface area contributed by atoms with Crippen molar-refractivity contribution in [1.82, 2.24) is 15.8 Å². The van der Waals surface area contributed by atoms with Crippen molar-refractivity contribution < 1.29 is 4.79 Å². The molecule has 5 heteroatoms. The van der Waals surface area contributed by atoms with E-state index < -0.39 is 0 Å². The molecule has 0 atom stereocenters. The van der Waals surface area contributed by atoms with Crippen LogP contribution in [0.2, 0.25) is 0 Å². The zero-order chi connectivity index (χ0) is 14.4. The molecule has 0 aliphatic heterocycles. The van der Waals surface area contributed by atoms with Crippen LogP contribution in [0.25, 0.3) is 0 Å². The van der Waals surface area contributed by atoms with E-state index >= 15 is 0 Å². The number of hydrogen-bond donors (Lipinski definition) is 2. The maximum Gasteiger partial charge on any atom is 0.254 e. The van der Waals surface area contributed by atoms with Crippen LogP contribution in [0.15, 0.2) is 24.3 Å². The summed E-state index contributed by atoms with van der Waals surface area (Å²) in [5.74, 6) is 0.0955. The molecule has 1 aromatic carbocycles. The van der Waals surface area contributed by atoms with Crippen LogP contribution in [0.1, 0.15) is 43.6 Å². The lowest BCUT2D eigenvalue weighted by Gasteiger charge is -2.30. The van der Waals surface area contributed by atoms with E-state index in [-0.39, 0.29) is 35.0 Å². The molecule has 0 unspecified atom stereocenters. The number of nitrogens with zero attached hydrogens (tertiary/aromatic N) is 1. The average molecular weight is 344 g/mol. The first-order valence-corrected chi connectivity index (χ1v) is 6.78. The Kier molecular flexibility index (Phi) is 8.69. The van der Waals surface area contributed by atoms with E-state index in [0.29, 0.717) is 0 Å². The smallest absolute Gasteiger partial charge is 0.254 e. The first-order chi connectivity index (χ1) is 8.97. The number of rotatable bonds is 6. The van der Waals surface area contributed by atoms with Gasteiger partial charge in [-0.2, -0.15) is 0 Å². The lowest BCUT2D eigenvalue weighted by molar-refractivity contribution is 0.0643. The molecule has 1 rings (SSSR count). The molecule has 2 N–H and O–H groups in total. The van der Waals surface area contributed by atoms with Gasteiger partial charge in [-0.05, 0) is 52.4 Å². The Balaban J connectivity index is 0.00000361. The normalized spacial score (nSPS) is 10.6. The molecule has 1 amide bonds. The van der Waals surface area contributed by atoms with Gasteiger partial charge in [-0.25, -0.2) is 0 Å². The summed E-state index contributed by atoms with van der Waals surface area (Å²) in [5.41, 5.74) is 7.79. The standard InChI is InChI=1S/C15H25N3O.BrH/c1-11(2)18(12(3)4)15(19)14-8-6-13(7-9-14)10-17-16-5;/h6-9,11-12,16-17H,10H2,1-5H3;1H. The number of benzene rings is 1. The van der Waals surface area contributed by atoms with Crippen molar-refractivity contribution in [3.8, 4) is 0 Å². The predicted molar refractivity (Wildman–Crippen MR) is 89.1 cm³/mol. The van der Waals surface area contributed by atoms with Gasteiger partial charge in [-0.15, -0.1) is 17.0 Å². The topological polar surface area (TPSA) is 44.4 Å². The van der Waals surface area contributed by atoms with Crippen molar-refractivity contribution in [3.63, 3.8) is 0 Å². The second kappa shape index (κ2) is 9.10. The van der Waals surface area contributed by atoms with Crippen LogP contribution in [0.4, 0.5) is 0 Å². The zero-order valence-electron chi connectivity index (χ0n) is 12.9. The molecule has 0 fully saturated rings. The second-order valence-corrected chi connectivity index (χ2v) is 5.20. The summed E-state index contributed by atoms with van der Waals surface area (Å²) < 4.78 is 0. The minimum atomic E-state index is 0. The molecule has 114 valence electrons. The minimum absolute atomic E-state index is 0. The molecular weight excluding hydrogens is 318 g/mol. The van der Waals surface area contributed by atoms with Crippen molar-refractivity contribution in [1.29, 1.82) is 0 Å². The fraction of sp³-hybridized carbons (Fsp3) is 0.533. The highest BCUT2D eigenvalue weighted by atomic mass is 79.9. The fourth-order valence-electron chi connectivity index (χ4n) is 2.17. The molecule has 0 aromatic heterocycles. The van der Waals surface area contributed by atoms with E-state index in [9.17, 15) is 4.79 Å². The van der Waals surface area contributed by atoms with Crippen LogP contribution >= 0.6 is 17.0 Å². The molecule has 0 saturated heterocycles. The van der Waals surface area contributed by atoms with Crippen LogP contribution in [0.3, 0.4) is 0 Å². The Bertz CT molecular complexity index is 396. The Labute approximate surface area is 132 Å². The summed E-state index contributed by atoms with van der Waals surface area (Å²) in [4.78, 5) is 14.4. The molecule has 4 nitrogen and oxygen atoms in total. The van der Waals surface area contributed by atoms with E-state index in [1.165, 1.54) is 0 Å². The SMILES string of the molecule is Br.CNNCc1ccc(C(=O)N(C(C)C)C(C)C)cc1. The molecule has 0 bridgehead atoms. The number of carbonyl (C=O) groups is 1. The molecule has 0 spiro atoms. The van der Waals surface area contributed by atoms with Crippen molar-refractivity contribution in [3.05, 3.63) is 35.4 Å². The third kappa shape index (κ3) is 5.23. The molecule has 20 heavy (non-hydrogen) atoms. The fourth-order valence-corrected chi connectivity index (χ4v) is 2.17. The van der Waals surface area contributed by atoms with Gasteiger partial charge in [0.05, 0.1) is 0 Å². The molecule has 0 aliphatic carbocycles. The summed E-state index contributed by atoms with van der Waals surface area (Å²) >= 11 is 0. The quantitative estimate of drug-likeness (QED) is 0.780. The Morgan fingerprint density at radius 3 is 2.00 bits per heavy atom. The van der Waals surface area contributed by atoms with Gasteiger partial charge in [0.15, 0.2) is 0 Å². The maximum absolute atomic E-state index is 12.5.